The first-order valence-corrected chi connectivity index (χ1v) is 9.76. The number of hydrogen-bond donors (Lipinski definition) is 1. The van der Waals surface area contributed by atoms with E-state index in [1.54, 1.807) is 11.0 Å². The molecule has 1 aliphatic heterocycles. The van der Waals surface area contributed by atoms with E-state index < -0.39 is 6.09 Å². The molecule has 1 heterocycles. The number of carbonyl (C=O) groups excluding carboxylic acids is 1. The number of nitrogens with zero attached hydrogens (tertiary/aromatic N) is 2. The van der Waals surface area contributed by atoms with Gasteiger partial charge in [0.15, 0.2) is 0 Å². The minimum absolute atomic E-state index is 0.126. The molecule has 0 fully saturated rings. The molecule has 1 atom stereocenters. The first kappa shape index (κ1) is 19.4. The molecule has 2 aromatic carbocycles. The van der Waals surface area contributed by atoms with E-state index in [9.17, 15) is 14.7 Å². The van der Waals surface area contributed by atoms with Gasteiger partial charge in [0.2, 0.25) is 0 Å². The summed E-state index contributed by atoms with van der Waals surface area (Å²) in [6, 6.07) is 9.09. The highest BCUT2D eigenvalue weighted by atomic mass is 79.9. The van der Waals surface area contributed by atoms with Crippen molar-refractivity contribution in [2.24, 2.45) is 0 Å². The lowest BCUT2D eigenvalue weighted by Crippen LogP contribution is -2.52. The van der Waals surface area contributed by atoms with Crippen molar-refractivity contribution in [1.29, 1.82) is 0 Å². The van der Waals surface area contributed by atoms with Crippen LogP contribution in [0.4, 0.5) is 16.2 Å². The molecule has 1 N–H and O–H groups in total. The summed E-state index contributed by atoms with van der Waals surface area (Å²) in [6.45, 7) is 8.14. The van der Waals surface area contributed by atoms with Gasteiger partial charge in [-0.05, 0) is 78.0 Å². The Morgan fingerprint density at radius 1 is 1.11 bits per heavy atom. The summed E-state index contributed by atoms with van der Waals surface area (Å²) >= 11 is 3.53. The number of halogens is 1. The van der Waals surface area contributed by atoms with E-state index >= 15 is 0 Å². The van der Waals surface area contributed by atoms with Gasteiger partial charge in [0, 0.05) is 11.0 Å². The molecule has 2 amide bonds. The second kappa shape index (κ2) is 7.35. The smallest absolute Gasteiger partial charge is 0.412 e. The van der Waals surface area contributed by atoms with Crippen LogP contribution in [0.15, 0.2) is 34.8 Å². The van der Waals surface area contributed by atoms with Crippen LogP contribution in [0, 0.1) is 20.8 Å². The van der Waals surface area contributed by atoms with Crippen molar-refractivity contribution in [3.05, 3.63) is 57.1 Å². The monoisotopic (exact) mass is 430 g/mol. The first-order chi connectivity index (χ1) is 12.8. The average Bonchev–Trinajstić information content (AvgIpc) is 2.63. The van der Waals surface area contributed by atoms with Crippen LogP contribution >= 0.6 is 15.9 Å². The predicted molar refractivity (Wildman–Crippen MR) is 111 cm³/mol. The van der Waals surface area contributed by atoms with E-state index in [0.29, 0.717) is 29.9 Å². The number of carbonyl (C=O) groups is 2. The lowest BCUT2D eigenvalue weighted by molar-refractivity contribution is 0.0981. The molecule has 0 spiro atoms. The van der Waals surface area contributed by atoms with Gasteiger partial charge in [-0.1, -0.05) is 19.1 Å². The fourth-order valence-corrected chi connectivity index (χ4v) is 3.94. The van der Waals surface area contributed by atoms with Crippen molar-refractivity contribution in [3.8, 4) is 0 Å². The third-order valence-electron chi connectivity index (χ3n) is 5.24. The zero-order valence-corrected chi connectivity index (χ0v) is 17.5. The maximum atomic E-state index is 13.4. The van der Waals surface area contributed by atoms with Crippen molar-refractivity contribution in [3.63, 3.8) is 0 Å². The molecule has 0 saturated carbocycles. The molecule has 0 aromatic heterocycles. The third-order valence-corrected chi connectivity index (χ3v) is 6.30. The summed E-state index contributed by atoms with van der Waals surface area (Å²) in [5, 5.41) is 9.78. The molecule has 3 rings (SSSR count). The van der Waals surface area contributed by atoms with Crippen LogP contribution in [0.25, 0.3) is 0 Å². The summed E-state index contributed by atoms with van der Waals surface area (Å²) in [6.07, 6.45) is -0.368. The van der Waals surface area contributed by atoms with Gasteiger partial charge in [-0.15, -0.1) is 0 Å². The molecule has 1 unspecified atom stereocenters. The van der Waals surface area contributed by atoms with Crippen molar-refractivity contribution in [1.82, 2.24) is 0 Å². The van der Waals surface area contributed by atoms with Crippen LogP contribution in [-0.2, 0) is 0 Å². The summed E-state index contributed by atoms with van der Waals surface area (Å²) < 4.78 is 0.772. The van der Waals surface area contributed by atoms with Gasteiger partial charge >= 0.3 is 6.09 Å². The Kier molecular flexibility index (Phi) is 5.29. The van der Waals surface area contributed by atoms with E-state index in [-0.39, 0.29) is 11.9 Å². The predicted octanol–water partition coefficient (Wildman–Crippen LogP) is 5.30. The molecular weight excluding hydrogens is 408 g/mol. The van der Waals surface area contributed by atoms with Crippen LogP contribution in [-0.4, -0.2) is 29.7 Å². The molecule has 0 aliphatic carbocycles. The number of fused-ring (bicyclic) bond motifs is 1. The highest BCUT2D eigenvalue weighted by Gasteiger charge is 2.37. The SMILES string of the molecule is CCC1CN(C(=O)c2cccc(C)c2Br)c2cc(C)c(C)cc2N1C(=O)O. The van der Waals surface area contributed by atoms with Crippen molar-refractivity contribution >= 4 is 39.3 Å². The van der Waals surface area contributed by atoms with E-state index in [4.69, 9.17) is 0 Å². The number of anilines is 2. The highest BCUT2D eigenvalue weighted by Crippen LogP contribution is 2.39. The van der Waals surface area contributed by atoms with Gasteiger partial charge in [0.1, 0.15) is 0 Å². The number of amides is 2. The largest absolute Gasteiger partial charge is 0.465 e. The fraction of sp³-hybridized carbons (Fsp3) is 0.333. The van der Waals surface area contributed by atoms with Crippen molar-refractivity contribution < 1.29 is 14.7 Å². The summed E-state index contributed by atoms with van der Waals surface area (Å²) in [5.74, 6) is -0.126. The Hall–Kier alpha value is -2.34. The normalized spacial score (nSPS) is 16.3. The maximum absolute atomic E-state index is 13.4. The third kappa shape index (κ3) is 3.34. The summed E-state index contributed by atoms with van der Waals surface area (Å²) in [5.41, 5.74) is 4.80. The second-order valence-corrected chi connectivity index (χ2v) is 7.79. The number of carboxylic acid groups (broad SMARTS) is 1. The average molecular weight is 431 g/mol. The van der Waals surface area contributed by atoms with Crippen LogP contribution in [0.2, 0.25) is 0 Å². The Balaban J connectivity index is 2.18. The summed E-state index contributed by atoms with van der Waals surface area (Å²) in [4.78, 5) is 28.5. The van der Waals surface area contributed by atoms with Gasteiger partial charge in [-0.3, -0.25) is 9.69 Å². The standard InChI is InChI=1S/C21H23BrN2O3/c1-5-15-11-23(20(25)16-8-6-7-12(2)19(16)22)17-9-13(3)14(4)10-18(17)24(15)21(26)27/h6-10,15H,5,11H2,1-4H3,(H,26,27). The van der Waals surface area contributed by atoms with Crippen molar-refractivity contribution in [2.75, 3.05) is 16.3 Å². The van der Waals surface area contributed by atoms with Gasteiger partial charge in [0.05, 0.1) is 23.0 Å². The molecule has 6 heteroatoms. The Morgan fingerprint density at radius 2 is 1.74 bits per heavy atom. The molecular formula is C21H23BrN2O3. The zero-order chi connectivity index (χ0) is 19.9. The van der Waals surface area contributed by atoms with Crippen LogP contribution in [0.5, 0.6) is 0 Å². The van der Waals surface area contributed by atoms with Crippen LogP contribution < -0.4 is 9.80 Å². The number of hydrogen-bond acceptors (Lipinski definition) is 2. The first-order valence-electron chi connectivity index (χ1n) is 8.96. The van der Waals surface area contributed by atoms with E-state index in [2.05, 4.69) is 15.9 Å². The number of rotatable bonds is 2. The Bertz CT molecular complexity index is 926. The minimum Gasteiger partial charge on any atom is -0.465 e. The molecule has 142 valence electrons. The lowest BCUT2D eigenvalue weighted by Gasteiger charge is -2.41. The minimum atomic E-state index is -0.991. The Labute approximate surface area is 167 Å². The van der Waals surface area contributed by atoms with Crippen molar-refractivity contribution in [2.45, 2.75) is 40.2 Å². The zero-order valence-electron chi connectivity index (χ0n) is 15.9. The fourth-order valence-electron chi connectivity index (χ4n) is 3.50. The summed E-state index contributed by atoms with van der Waals surface area (Å²) in [7, 11) is 0. The van der Waals surface area contributed by atoms with Gasteiger partial charge < -0.3 is 10.0 Å². The maximum Gasteiger partial charge on any atom is 0.412 e. The number of aryl methyl sites for hydroxylation is 3. The molecule has 2 aromatic rings. The van der Waals surface area contributed by atoms with Crippen LogP contribution in [0.3, 0.4) is 0 Å². The molecule has 1 aliphatic rings. The van der Waals surface area contributed by atoms with E-state index in [0.717, 1.165) is 21.2 Å². The topological polar surface area (TPSA) is 60.9 Å². The highest BCUT2D eigenvalue weighted by molar-refractivity contribution is 9.10. The van der Waals surface area contributed by atoms with E-state index in [1.165, 1.54) is 4.90 Å². The molecule has 27 heavy (non-hydrogen) atoms. The quantitative estimate of drug-likeness (QED) is 0.702. The lowest BCUT2D eigenvalue weighted by atomic mass is 9.99. The van der Waals surface area contributed by atoms with E-state index in [1.807, 2.05) is 52.0 Å². The van der Waals surface area contributed by atoms with Gasteiger partial charge in [-0.2, -0.15) is 0 Å². The number of benzene rings is 2. The Morgan fingerprint density at radius 3 is 2.33 bits per heavy atom. The second-order valence-electron chi connectivity index (χ2n) is 6.99. The molecule has 5 nitrogen and oxygen atoms in total. The molecule has 0 saturated heterocycles. The van der Waals surface area contributed by atoms with Gasteiger partial charge in [0.25, 0.3) is 5.91 Å². The van der Waals surface area contributed by atoms with Gasteiger partial charge in [-0.25, -0.2) is 4.79 Å². The molecule has 0 bridgehead atoms. The molecule has 0 radical (unpaired) electrons. The van der Waals surface area contributed by atoms with Crippen LogP contribution in [0.1, 0.15) is 40.4 Å².